The molecule has 152 valence electrons. The first-order valence-corrected chi connectivity index (χ1v) is 10.2. The Morgan fingerprint density at radius 1 is 0.933 bits per heavy atom. The summed E-state index contributed by atoms with van der Waals surface area (Å²) in [6, 6.07) is 25.2. The van der Waals surface area contributed by atoms with Crippen molar-refractivity contribution in [1.29, 1.82) is 0 Å². The van der Waals surface area contributed by atoms with Crippen molar-refractivity contribution in [3.8, 4) is 0 Å². The van der Waals surface area contributed by atoms with Crippen LogP contribution in [0.25, 0.3) is 0 Å². The number of fused-ring (bicyclic) bond motifs is 1. The number of hydrogen-bond acceptors (Lipinski definition) is 3. The Bertz CT molecular complexity index is 1050. The van der Waals surface area contributed by atoms with Gasteiger partial charge in [-0.25, -0.2) is 0 Å². The van der Waals surface area contributed by atoms with Crippen molar-refractivity contribution in [2.24, 2.45) is 0 Å². The molecular weight excluding hydrogens is 374 g/mol. The lowest BCUT2D eigenvalue weighted by molar-refractivity contribution is -0.117. The van der Waals surface area contributed by atoms with Crippen LogP contribution >= 0.6 is 0 Å². The lowest BCUT2D eigenvalue weighted by Crippen LogP contribution is -2.39. The van der Waals surface area contributed by atoms with Crippen LogP contribution in [0.15, 0.2) is 78.9 Å². The molecule has 0 unspecified atom stereocenters. The normalized spacial score (nSPS) is 14.8. The van der Waals surface area contributed by atoms with Crippen molar-refractivity contribution in [1.82, 2.24) is 5.32 Å². The zero-order valence-electron chi connectivity index (χ0n) is 17.0. The van der Waals surface area contributed by atoms with Gasteiger partial charge in [0.05, 0.1) is 12.1 Å². The highest BCUT2D eigenvalue weighted by Gasteiger charge is 2.30. The molecule has 0 saturated heterocycles. The van der Waals surface area contributed by atoms with Gasteiger partial charge in [-0.2, -0.15) is 0 Å². The molecule has 1 heterocycles. The van der Waals surface area contributed by atoms with Crippen LogP contribution in [-0.4, -0.2) is 24.4 Å². The third-order valence-electron chi connectivity index (χ3n) is 5.37. The van der Waals surface area contributed by atoms with E-state index in [0.717, 1.165) is 17.7 Å². The minimum atomic E-state index is -0.172. The zero-order valence-corrected chi connectivity index (χ0v) is 17.0. The smallest absolute Gasteiger partial charge is 0.253 e. The summed E-state index contributed by atoms with van der Waals surface area (Å²) in [5.41, 5.74) is 4.38. The molecule has 5 nitrogen and oxygen atoms in total. The number of hydrogen-bond donors (Lipinski definition) is 2. The highest BCUT2D eigenvalue weighted by atomic mass is 16.2. The van der Waals surface area contributed by atoms with Gasteiger partial charge in [0.15, 0.2) is 0 Å². The number of anilines is 2. The van der Waals surface area contributed by atoms with E-state index < -0.39 is 0 Å². The molecule has 0 saturated carbocycles. The molecule has 0 bridgehead atoms. The Hall–Kier alpha value is -3.60. The summed E-state index contributed by atoms with van der Waals surface area (Å²) < 4.78 is 0. The van der Waals surface area contributed by atoms with Crippen LogP contribution in [-0.2, 0) is 17.8 Å². The van der Waals surface area contributed by atoms with Gasteiger partial charge in [-0.15, -0.1) is 0 Å². The molecule has 0 aliphatic carbocycles. The Morgan fingerprint density at radius 3 is 2.47 bits per heavy atom. The summed E-state index contributed by atoms with van der Waals surface area (Å²) in [5, 5.41) is 6.11. The highest BCUT2D eigenvalue weighted by Crippen LogP contribution is 2.31. The fourth-order valence-corrected chi connectivity index (χ4v) is 3.91. The van der Waals surface area contributed by atoms with Crippen molar-refractivity contribution < 1.29 is 9.59 Å². The van der Waals surface area contributed by atoms with E-state index in [0.29, 0.717) is 17.8 Å². The predicted molar refractivity (Wildman–Crippen MR) is 120 cm³/mol. The van der Waals surface area contributed by atoms with Crippen LogP contribution < -0.4 is 15.5 Å². The third kappa shape index (κ3) is 4.20. The lowest BCUT2D eigenvalue weighted by Gasteiger charge is -2.23. The standard InChI is InChI=1S/C25H25N3O2/c1-18-15-20-11-5-8-14-23(20)28(18)24(29)17-26-22-13-7-6-12-21(22)25(30)27-16-19-9-3-2-4-10-19/h2-14,18,26H,15-17H2,1H3,(H,27,30)/t18-/m0/s1. The topological polar surface area (TPSA) is 61.4 Å². The molecular formula is C25H25N3O2. The first-order valence-electron chi connectivity index (χ1n) is 10.2. The minimum Gasteiger partial charge on any atom is -0.375 e. The molecule has 2 amide bonds. The highest BCUT2D eigenvalue weighted by molar-refractivity contribution is 6.02. The molecule has 1 atom stereocenters. The van der Waals surface area contributed by atoms with E-state index in [1.54, 1.807) is 6.07 Å². The Labute approximate surface area is 176 Å². The van der Waals surface area contributed by atoms with Gasteiger partial charge in [0.2, 0.25) is 5.91 Å². The SMILES string of the molecule is C[C@H]1Cc2ccccc2N1C(=O)CNc1ccccc1C(=O)NCc1ccccc1. The van der Waals surface area contributed by atoms with Crippen molar-refractivity contribution in [2.75, 3.05) is 16.8 Å². The number of carbonyl (C=O) groups is 2. The van der Waals surface area contributed by atoms with Crippen LogP contribution in [0, 0.1) is 0 Å². The number of benzene rings is 3. The minimum absolute atomic E-state index is 0.00746. The molecule has 0 aromatic heterocycles. The van der Waals surface area contributed by atoms with Gasteiger partial charge in [0.1, 0.15) is 0 Å². The van der Waals surface area contributed by atoms with E-state index in [2.05, 4.69) is 23.6 Å². The maximum atomic E-state index is 12.9. The summed E-state index contributed by atoms with van der Waals surface area (Å²) >= 11 is 0. The first-order chi connectivity index (χ1) is 14.6. The summed E-state index contributed by atoms with van der Waals surface area (Å²) in [7, 11) is 0. The lowest BCUT2D eigenvalue weighted by atomic mass is 10.1. The summed E-state index contributed by atoms with van der Waals surface area (Å²) in [5.74, 6) is -0.179. The number of para-hydroxylation sites is 2. The van der Waals surface area contributed by atoms with Gasteiger partial charge in [-0.1, -0.05) is 60.7 Å². The predicted octanol–water partition coefficient (Wildman–Crippen LogP) is 4.01. The summed E-state index contributed by atoms with van der Waals surface area (Å²) in [6.45, 7) is 2.64. The molecule has 5 heteroatoms. The first kappa shape index (κ1) is 19.7. The molecule has 1 aliphatic heterocycles. The average Bonchev–Trinajstić information content (AvgIpc) is 3.12. The number of carbonyl (C=O) groups excluding carboxylic acids is 2. The second-order valence-electron chi connectivity index (χ2n) is 7.51. The van der Waals surface area contributed by atoms with Crippen LogP contribution in [0.2, 0.25) is 0 Å². The van der Waals surface area contributed by atoms with Gasteiger partial charge in [0.25, 0.3) is 5.91 Å². The fraction of sp³-hybridized carbons (Fsp3) is 0.200. The maximum absolute atomic E-state index is 12.9. The summed E-state index contributed by atoms with van der Waals surface area (Å²) in [4.78, 5) is 27.5. The average molecular weight is 399 g/mol. The van der Waals surface area contributed by atoms with E-state index >= 15 is 0 Å². The molecule has 0 radical (unpaired) electrons. The van der Waals surface area contributed by atoms with Crippen LogP contribution in [0.3, 0.4) is 0 Å². The Balaban J connectivity index is 1.42. The second-order valence-corrected chi connectivity index (χ2v) is 7.51. The van der Waals surface area contributed by atoms with E-state index in [1.165, 1.54) is 5.56 Å². The van der Waals surface area contributed by atoms with Gasteiger partial charge >= 0.3 is 0 Å². The molecule has 3 aromatic carbocycles. The van der Waals surface area contributed by atoms with Gasteiger partial charge in [-0.3, -0.25) is 9.59 Å². The third-order valence-corrected chi connectivity index (χ3v) is 5.37. The number of amides is 2. The molecule has 2 N–H and O–H groups in total. The van der Waals surface area contributed by atoms with Gasteiger partial charge < -0.3 is 15.5 Å². The van der Waals surface area contributed by atoms with Crippen molar-refractivity contribution in [3.63, 3.8) is 0 Å². The van der Waals surface area contributed by atoms with Crippen LogP contribution in [0.1, 0.15) is 28.4 Å². The monoisotopic (exact) mass is 399 g/mol. The van der Waals surface area contributed by atoms with Crippen LogP contribution in [0.4, 0.5) is 11.4 Å². The molecule has 4 rings (SSSR count). The summed E-state index contributed by atoms with van der Waals surface area (Å²) in [6.07, 6.45) is 0.862. The quantitative estimate of drug-likeness (QED) is 0.658. The molecule has 30 heavy (non-hydrogen) atoms. The van der Waals surface area contributed by atoms with Crippen LogP contribution in [0.5, 0.6) is 0 Å². The van der Waals surface area contributed by atoms with E-state index in [-0.39, 0.29) is 24.4 Å². The zero-order chi connectivity index (χ0) is 20.9. The molecule has 0 spiro atoms. The van der Waals surface area contributed by atoms with Crippen molar-refractivity contribution >= 4 is 23.2 Å². The number of nitrogens with zero attached hydrogens (tertiary/aromatic N) is 1. The fourth-order valence-electron chi connectivity index (χ4n) is 3.91. The van der Waals surface area contributed by atoms with E-state index in [9.17, 15) is 9.59 Å². The molecule has 0 fully saturated rings. The van der Waals surface area contributed by atoms with Crippen molar-refractivity contribution in [2.45, 2.75) is 25.9 Å². The largest absolute Gasteiger partial charge is 0.375 e. The van der Waals surface area contributed by atoms with Crippen molar-refractivity contribution in [3.05, 3.63) is 95.6 Å². The maximum Gasteiger partial charge on any atom is 0.253 e. The second kappa shape index (κ2) is 8.82. The molecule has 1 aliphatic rings. The Kier molecular flexibility index (Phi) is 5.80. The van der Waals surface area contributed by atoms with Gasteiger partial charge in [0, 0.05) is 24.0 Å². The molecule has 3 aromatic rings. The van der Waals surface area contributed by atoms with Gasteiger partial charge in [-0.05, 0) is 42.7 Å². The van der Waals surface area contributed by atoms with E-state index in [4.69, 9.17) is 0 Å². The number of rotatable bonds is 6. The Morgan fingerprint density at radius 2 is 1.63 bits per heavy atom. The number of nitrogens with one attached hydrogen (secondary N) is 2. The van der Waals surface area contributed by atoms with E-state index in [1.807, 2.05) is 71.6 Å².